The number of aliphatic imine (C=N–C) groups is 1. The Morgan fingerprint density at radius 3 is 2.45 bits per heavy atom. The van der Waals surface area contributed by atoms with Gasteiger partial charge in [-0.2, -0.15) is 0 Å². The summed E-state index contributed by atoms with van der Waals surface area (Å²) in [6.45, 7) is 3.67. The Balaban J connectivity index is 1.06. The van der Waals surface area contributed by atoms with Crippen LogP contribution in [-0.4, -0.2) is 117 Å². The normalized spacial score (nSPS) is 31.7. The highest BCUT2D eigenvalue weighted by Crippen LogP contribution is 2.64. The SMILES string of the molecule is CO[C@H](CO)C1(C[C@@H]2CC[C@]3(CC[C@@]4(CCCc5cc(O)ccc5C4)C3)C[C@@]23CC#C[C@H]2NC(N)=N[C@H](C(C)C)CSSC[C@H]2[C@@H]2Cc4c5cc(c(c4O[C@H]2O)OCN3)CC#Cc2c(ccc(O)c2OCO)CCC(=O)C[C@H](O)CC5)CCCC1. The minimum Gasteiger partial charge on any atom is -0.508 e. The summed E-state index contributed by atoms with van der Waals surface area (Å²) in [5, 5.41) is 74.6. The fraction of sp³-hybridized carbons (Fsp3) is 0.647. The molecular formula is C68H90N4O11S2. The molecule has 4 heterocycles. The summed E-state index contributed by atoms with van der Waals surface area (Å²) >= 11 is 0. The Hall–Kier alpha value is -4.82. The van der Waals surface area contributed by atoms with Crippen LogP contribution in [0.15, 0.2) is 41.4 Å². The number of aliphatic hydroxyl groups is 4. The van der Waals surface area contributed by atoms with Crippen molar-refractivity contribution in [3.8, 4) is 52.4 Å². The van der Waals surface area contributed by atoms with E-state index >= 15 is 0 Å². The topological polar surface area (TPSA) is 238 Å². The smallest absolute Gasteiger partial charge is 0.201 e. The molecule has 9 aliphatic rings. The number of aromatic hydroxyl groups is 2. The molecule has 15 nitrogen and oxygen atoms in total. The predicted octanol–water partition coefficient (Wildman–Crippen LogP) is 8.96. The van der Waals surface area contributed by atoms with Crippen LogP contribution in [0.25, 0.3) is 0 Å². The number of methoxy groups -OCH3 is 1. The minimum atomic E-state index is -1.27. The molecule has 5 aliphatic carbocycles. The standard InChI is InChI=1S/C68H90N4O11S2/c1-42(2)57-37-85-84-36-55-54-32-53-45-14-18-51(77)31-50(76)17-13-43-16-20-58(78)61(82-41-74)52(43)11-6-9-46(29-45)60(62(53)83-63(54)79)81-40-70-68(25-8-12-56(55)71-64(69)72-57)39-66(26-21-48(68)34-67(23-4-5-24-67)59(35-73)80-3)28-27-65(38-66)22-7-10-44-30-49(75)19-15-47(44)33-65/h15-16,19-20,29-30,42,48,51,54-57,59,63,70,73-75,77-79H,4-5,7,9-10,13-14,17-18,21-28,31-41H2,1-3H3,(H3,69,71,72)/t48-,51+,54-,55-,56+,57-,59+,63+,65+,66+,68-/m0/s1. The first-order chi connectivity index (χ1) is 41.1. The highest BCUT2D eigenvalue weighted by molar-refractivity contribution is 8.76. The summed E-state index contributed by atoms with van der Waals surface area (Å²) in [5.41, 5.74) is 12.4. The predicted molar refractivity (Wildman–Crippen MR) is 332 cm³/mol. The van der Waals surface area contributed by atoms with Crippen molar-refractivity contribution in [1.29, 1.82) is 0 Å². The van der Waals surface area contributed by atoms with E-state index in [-0.39, 0.29) is 102 Å². The largest absolute Gasteiger partial charge is 0.508 e. The van der Waals surface area contributed by atoms with Gasteiger partial charge in [0.2, 0.25) is 6.29 Å². The fourth-order valence-corrected chi connectivity index (χ4v) is 19.7. The third-order valence-corrected chi connectivity index (χ3v) is 23.8. The van der Waals surface area contributed by atoms with Gasteiger partial charge in [-0.05, 0) is 178 Å². The second kappa shape index (κ2) is 26.5. The van der Waals surface area contributed by atoms with Gasteiger partial charge in [0, 0.05) is 72.8 Å². The van der Waals surface area contributed by atoms with Crippen molar-refractivity contribution in [2.75, 3.05) is 38.7 Å². The van der Waals surface area contributed by atoms with Crippen molar-refractivity contribution in [1.82, 2.24) is 10.6 Å². The number of carbonyl (C=O) groups excluding carboxylic acids is 1. The Kier molecular flexibility index (Phi) is 19.3. The van der Waals surface area contributed by atoms with Crippen LogP contribution in [0.2, 0.25) is 0 Å². The van der Waals surface area contributed by atoms with Crippen LogP contribution >= 0.6 is 21.6 Å². The zero-order valence-electron chi connectivity index (χ0n) is 50.0. The van der Waals surface area contributed by atoms with Crippen molar-refractivity contribution in [2.45, 2.75) is 198 Å². The lowest BCUT2D eigenvalue weighted by Crippen LogP contribution is -2.59. The number of nitrogens with two attached hydrogens (primary N) is 1. The van der Waals surface area contributed by atoms with E-state index in [0.29, 0.717) is 71.3 Å². The van der Waals surface area contributed by atoms with Gasteiger partial charge in [-0.15, -0.1) is 0 Å². The Morgan fingerprint density at radius 2 is 1.65 bits per heavy atom. The molecule has 3 spiro atoms. The number of carbonyl (C=O) groups is 1. The van der Waals surface area contributed by atoms with Crippen LogP contribution < -0.4 is 30.6 Å². The lowest BCUT2D eigenvalue weighted by Gasteiger charge is -2.54. The number of guanidine groups is 1. The number of hydrogen-bond donors (Lipinski definition) is 9. The third kappa shape index (κ3) is 13.3. The van der Waals surface area contributed by atoms with E-state index in [1.807, 2.05) is 12.1 Å². The van der Waals surface area contributed by atoms with Gasteiger partial charge >= 0.3 is 0 Å². The molecule has 4 aliphatic heterocycles. The van der Waals surface area contributed by atoms with Crippen LogP contribution in [0.5, 0.6) is 28.7 Å². The van der Waals surface area contributed by atoms with Gasteiger partial charge in [0.25, 0.3) is 0 Å². The van der Waals surface area contributed by atoms with Crippen molar-refractivity contribution < 1.29 is 54.4 Å². The number of Topliss-reactive ketones (excluding diaryl/α,β-unsaturated/α-hetero) is 1. The van der Waals surface area contributed by atoms with E-state index in [9.17, 15) is 35.4 Å². The molecule has 460 valence electrons. The molecule has 0 unspecified atom stereocenters. The maximum Gasteiger partial charge on any atom is 0.201 e. The van der Waals surface area contributed by atoms with Gasteiger partial charge in [-0.3, -0.25) is 10.1 Å². The maximum absolute atomic E-state index is 13.5. The molecule has 0 radical (unpaired) electrons. The molecular weight excluding hydrogens is 1110 g/mol. The molecule has 11 atom stereocenters. The number of phenolic OH excluding ortho intramolecular Hbond substituents is 2. The van der Waals surface area contributed by atoms with Crippen LogP contribution in [0.4, 0.5) is 0 Å². The average Bonchev–Trinajstić information content (AvgIpc) is 1.93. The molecule has 85 heavy (non-hydrogen) atoms. The van der Waals surface area contributed by atoms with Gasteiger partial charge < -0.3 is 60.6 Å². The van der Waals surface area contributed by atoms with Gasteiger partial charge in [-0.1, -0.05) is 90.2 Å². The molecule has 3 saturated carbocycles. The van der Waals surface area contributed by atoms with Crippen molar-refractivity contribution in [3.63, 3.8) is 0 Å². The van der Waals surface area contributed by atoms with E-state index in [2.05, 4.69) is 60.3 Å². The summed E-state index contributed by atoms with van der Waals surface area (Å²) < 4.78 is 26.0. The molecule has 3 fully saturated rings. The number of aliphatic hydroxyl groups excluding tert-OH is 4. The van der Waals surface area contributed by atoms with Crippen LogP contribution in [0.3, 0.4) is 0 Å². The quantitative estimate of drug-likeness (QED) is 0.0581. The number of phenols is 2. The van der Waals surface area contributed by atoms with Crippen molar-refractivity contribution >= 4 is 33.3 Å². The third-order valence-electron chi connectivity index (χ3n) is 21.3. The van der Waals surface area contributed by atoms with Crippen LogP contribution in [-0.2, 0) is 48.1 Å². The molecule has 10 N–H and O–H groups in total. The van der Waals surface area contributed by atoms with E-state index in [4.69, 9.17) is 29.7 Å². The summed E-state index contributed by atoms with van der Waals surface area (Å²) in [4.78, 5) is 18.6. The highest BCUT2D eigenvalue weighted by Gasteiger charge is 2.58. The number of ether oxygens (including phenoxy) is 4. The Labute approximate surface area is 510 Å². The minimum absolute atomic E-state index is 0.00303. The fourth-order valence-electron chi connectivity index (χ4n) is 16.9. The first-order valence-corrected chi connectivity index (χ1v) is 34.0. The van der Waals surface area contributed by atoms with Crippen LogP contribution in [0.1, 0.15) is 162 Å². The lowest BCUT2D eigenvalue weighted by molar-refractivity contribution is -0.121. The van der Waals surface area contributed by atoms with E-state index in [1.54, 1.807) is 34.8 Å². The van der Waals surface area contributed by atoms with Gasteiger partial charge in [-0.25, -0.2) is 4.99 Å². The molecule has 3 aromatic carbocycles. The number of ketones is 1. The zero-order valence-corrected chi connectivity index (χ0v) is 51.7. The van der Waals surface area contributed by atoms with E-state index < -0.39 is 36.7 Å². The summed E-state index contributed by atoms with van der Waals surface area (Å²) in [6.07, 6.45) is 15.0. The second-order valence-corrected chi connectivity index (χ2v) is 29.4. The van der Waals surface area contributed by atoms with Gasteiger partial charge in [0.05, 0.1) is 36.5 Å². The number of benzene rings is 3. The number of rotatable bonds is 8. The number of hydrogen-bond acceptors (Lipinski definition) is 17. The van der Waals surface area contributed by atoms with Crippen LogP contribution in [0, 0.1) is 63.6 Å². The molecule has 0 saturated heterocycles. The van der Waals surface area contributed by atoms with Gasteiger partial charge in [0.1, 0.15) is 18.3 Å². The average molecular weight is 1200 g/mol. The molecule has 0 amide bonds. The second-order valence-electron chi connectivity index (χ2n) is 26.9. The first-order valence-electron chi connectivity index (χ1n) is 31.5. The molecule has 0 aromatic heterocycles. The Morgan fingerprint density at radius 1 is 0.835 bits per heavy atom. The maximum atomic E-state index is 13.5. The number of fused-ring (bicyclic) bond motifs is 8. The zero-order chi connectivity index (χ0) is 59.5. The Bertz CT molecular complexity index is 3070. The van der Waals surface area contributed by atoms with Crippen molar-refractivity contribution in [2.24, 2.45) is 50.6 Å². The monoisotopic (exact) mass is 1200 g/mol. The highest BCUT2D eigenvalue weighted by atomic mass is 33.1. The summed E-state index contributed by atoms with van der Waals surface area (Å²) in [6, 6.07) is 10.7. The molecule has 6 bridgehead atoms. The number of nitrogens with one attached hydrogen (secondary N) is 2. The van der Waals surface area contributed by atoms with E-state index in [0.717, 1.165) is 113 Å². The van der Waals surface area contributed by atoms with Gasteiger partial charge in [0.15, 0.2) is 35.8 Å². The summed E-state index contributed by atoms with van der Waals surface area (Å²) in [5.74, 6) is 16.6. The first kappa shape index (κ1) is 61.8. The molecule has 12 rings (SSSR count). The van der Waals surface area contributed by atoms with Crippen molar-refractivity contribution in [3.05, 3.63) is 75.3 Å². The summed E-state index contributed by atoms with van der Waals surface area (Å²) in [7, 11) is 5.28. The molecule has 17 heteroatoms. The molecule has 3 aromatic rings. The number of aryl methyl sites for hydroxylation is 3. The number of nitrogens with zero attached hydrogens (tertiary/aromatic N) is 1. The lowest BCUT2D eigenvalue weighted by atomic mass is 9.55. The van der Waals surface area contributed by atoms with E-state index in [1.165, 1.54) is 17.2 Å².